The zero-order chi connectivity index (χ0) is 10.5. The second kappa shape index (κ2) is 5.75. The molecule has 2 atom stereocenters. The van der Waals surface area contributed by atoms with Crippen molar-refractivity contribution in [2.24, 2.45) is 5.92 Å². The lowest BCUT2D eigenvalue weighted by molar-refractivity contribution is -0.124. The summed E-state index contributed by atoms with van der Waals surface area (Å²) in [5.74, 6) is 2.74. The highest BCUT2D eigenvalue weighted by Gasteiger charge is 2.23. The Morgan fingerprint density at radius 3 is 3.07 bits per heavy atom. The lowest BCUT2D eigenvalue weighted by atomic mass is 10.1. The van der Waals surface area contributed by atoms with E-state index < -0.39 is 0 Å². The van der Waals surface area contributed by atoms with Gasteiger partial charge in [-0.25, -0.2) is 0 Å². The van der Waals surface area contributed by atoms with Gasteiger partial charge in [-0.1, -0.05) is 0 Å². The Hall–Kier alpha value is -0.220. The lowest BCUT2D eigenvalue weighted by Gasteiger charge is -2.12. The summed E-state index contributed by atoms with van der Waals surface area (Å²) in [5, 5.41) is 6.50. The van der Waals surface area contributed by atoms with Crippen LogP contribution in [0.25, 0.3) is 0 Å². The van der Waals surface area contributed by atoms with Gasteiger partial charge in [0.1, 0.15) is 0 Å². The van der Waals surface area contributed by atoms with Crippen molar-refractivity contribution in [1.82, 2.24) is 10.6 Å². The van der Waals surface area contributed by atoms with E-state index in [1.165, 1.54) is 12.8 Å². The monoisotopic (exact) mass is 228 g/mol. The third-order valence-electron chi connectivity index (χ3n) is 3.25. The van der Waals surface area contributed by atoms with Gasteiger partial charge in [-0.05, 0) is 38.0 Å². The first kappa shape index (κ1) is 11.3. The minimum absolute atomic E-state index is 0.276. The van der Waals surface area contributed by atoms with E-state index in [2.05, 4.69) is 10.6 Å². The average Bonchev–Trinajstić information content (AvgIpc) is 2.90. The number of carbonyl (C=O) groups is 1. The summed E-state index contributed by atoms with van der Waals surface area (Å²) in [5.41, 5.74) is 0. The zero-order valence-electron chi connectivity index (χ0n) is 9.13. The molecule has 15 heavy (non-hydrogen) atoms. The Balaban J connectivity index is 1.58. The Bertz CT molecular complexity index is 211. The molecule has 0 aromatic heterocycles. The third-order valence-corrected chi connectivity index (χ3v) is 4.42. The molecule has 0 aromatic carbocycles. The molecule has 0 radical (unpaired) electrons. The minimum Gasteiger partial charge on any atom is -0.356 e. The van der Waals surface area contributed by atoms with Crippen molar-refractivity contribution in [1.29, 1.82) is 0 Å². The molecule has 0 aliphatic carbocycles. The van der Waals surface area contributed by atoms with Crippen molar-refractivity contribution in [2.45, 2.75) is 31.7 Å². The van der Waals surface area contributed by atoms with E-state index in [1.807, 2.05) is 11.8 Å². The van der Waals surface area contributed by atoms with Crippen LogP contribution in [0.3, 0.4) is 0 Å². The normalized spacial score (nSPS) is 30.7. The number of carbonyl (C=O) groups excluding carboxylic acids is 1. The summed E-state index contributed by atoms with van der Waals surface area (Å²) in [4.78, 5) is 11.7. The maximum absolute atomic E-state index is 11.7. The van der Waals surface area contributed by atoms with Crippen LogP contribution in [0.15, 0.2) is 0 Å². The summed E-state index contributed by atoms with van der Waals surface area (Å²) in [7, 11) is 0. The van der Waals surface area contributed by atoms with Crippen molar-refractivity contribution < 1.29 is 4.79 Å². The highest BCUT2D eigenvalue weighted by atomic mass is 32.2. The van der Waals surface area contributed by atoms with Crippen LogP contribution < -0.4 is 10.6 Å². The molecule has 2 heterocycles. The van der Waals surface area contributed by atoms with Gasteiger partial charge in [0, 0.05) is 24.3 Å². The molecule has 0 saturated carbocycles. The quantitative estimate of drug-likeness (QED) is 0.754. The van der Waals surface area contributed by atoms with Crippen molar-refractivity contribution in [3.8, 4) is 0 Å². The molecule has 0 bridgehead atoms. The highest BCUT2D eigenvalue weighted by Crippen LogP contribution is 2.23. The van der Waals surface area contributed by atoms with E-state index in [4.69, 9.17) is 0 Å². The molecule has 1 amide bonds. The van der Waals surface area contributed by atoms with E-state index >= 15 is 0 Å². The number of hydrogen-bond acceptors (Lipinski definition) is 3. The van der Waals surface area contributed by atoms with Crippen LogP contribution in [-0.2, 0) is 4.79 Å². The third kappa shape index (κ3) is 3.38. The first-order valence-corrected chi connectivity index (χ1v) is 7.10. The van der Waals surface area contributed by atoms with Crippen molar-refractivity contribution >= 4 is 17.7 Å². The molecule has 0 spiro atoms. The van der Waals surface area contributed by atoms with Gasteiger partial charge in [0.15, 0.2) is 0 Å². The van der Waals surface area contributed by atoms with Crippen LogP contribution >= 0.6 is 11.8 Å². The van der Waals surface area contributed by atoms with Crippen LogP contribution in [0, 0.1) is 5.92 Å². The molecule has 2 N–H and O–H groups in total. The lowest BCUT2D eigenvalue weighted by Crippen LogP contribution is -2.34. The molecule has 2 rings (SSSR count). The molecule has 2 saturated heterocycles. The van der Waals surface area contributed by atoms with Crippen LogP contribution in [-0.4, -0.2) is 36.5 Å². The molecule has 3 nitrogen and oxygen atoms in total. The standard InChI is InChI=1S/C11H20N2OS/c14-11(9-4-7-15-8-9)13-6-3-10-2-1-5-12-10/h9-10,12H,1-8H2,(H,13,14). The second-order valence-electron chi connectivity index (χ2n) is 4.43. The molecule has 2 aliphatic heterocycles. The van der Waals surface area contributed by atoms with E-state index in [9.17, 15) is 4.79 Å². The zero-order valence-corrected chi connectivity index (χ0v) is 9.94. The van der Waals surface area contributed by atoms with Crippen molar-refractivity contribution in [2.75, 3.05) is 24.6 Å². The number of amides is 1. The summed E-state index contributed by atoms with van der Waals surface area (Å²) < 4.78 is 0. The topological polar surface area (TPSA) is 41.1 Å². The molecule has 2 aliphatic rings. The van der Waals surface area contributed by atoms with E-state index in [1.54, 1.807) is 0 Å². The average molecular weight is 228 g/mol. The van der Waals surface area contributed by atoms with Gasteiger partial charge in [-0.2, -0.15) is 11.8 Å². The Morgan fingerprint density at radius 2 is 2.40 bits per heavy atom. The van der Waals surface area contributed by atoms with Crippen molar-refractivity contribution in [3.63, 3.8) is 0 Å². The number of hydrogen-bond donors (Lipinski definition) is 2. The second-order valence-corrected chi connectivity index (χ2v) is 5.58. The molecular weight excluding hydrogens is 208 g/mol. The van der Waals surface area contributed by atoms with Gasteiger partial charge in [0.2, 0.25) is 5.91 Å². The fraction of sp³-hybridized carbons (Fsp3) is 0.909. The molecular formula is C11H20N2OS. The van der Waals surface area contributed by atoms with E-state index in [-0.39, 0.29) is 11.8 Å². The van der Waals surface area contributed by atoms with E-state index in [0.29, 0.717) is 6.04 Å². The Morgan fingerprint density at radius 1 is 1.47 bits per heavy atom. The first-order valence-electron chi connectivity index (χ1n) is 5.95. The molecule has 2 fully saturated rings. The minimum atomic E-state index is 0.276. The molecule has 86 valence electrons. The smallest absolute Gasteiger partial charge is 0.223 e. The summed E-state index contributed by atoms with van der Waals surface area (Å²) in [6.07, 6.45) is 4.72. The maximum atomic E-state index is 11.7. The van der Waals surface area contributed by atoms with Gasteiger partial charge >= 0.3 is 0 Å². The predicted octanol–water partition coefficient (Wildman–Crippen LogP) is 0.998. The molecule has 4 heteroatoms. The van der Waals surface area contributed by atoms with Gasteiger partial charge < -0.3 is 10.6 Å². The van der Waals surface area contributed by atoms with Crippen LogP contribution in [0.4, 0.5) is 0 Å². The number of rotatable bonds is 4. The van der Waals surface area contributed by atoms with Gasteiger partial charge in [0.05, 0.1) is 0 Å². The number of thioether (sulfide) groups is 1. The van der Waals surface area contributed by atoms with Gasteiger partial charge in [-0.15, -0.1) is 0 Å². The summed E-state index contributed by atoms with van der Waals surface area (Å²) in [6, 6.07) is 0.642. The van der Waals surface area contributed by atoms with Crippen LogP contribution in [0.5, 0.6) is 0 Å². The molecule has 0 aromatic rings. The van der Waals surface area contributed by atoms with Crippen LogP contribution in [0.1, 0.15) is 25.7 Å². The van der Waals surface area contributed by atoms with E-state index in [0.717, 1.165) is 37.4 Å². The van der Waals surface area contributed by atoms with Gasteiger partial charge in [-0.3, -0.25) is 4.79 Å². The van der Waals surface area contributed by atoms with Gasteiger partial charge in [0.25, 0.3) is 0 Å². The fourth-order valence-electron chi connectivity index (χ4n) is 2.26. The van der Waals surface area contributed by atoms with Crippen LogP contribution in [0.2, 0.25) is 0 Å². The Labute approximate surface area is 95.8 Å². The summed E-state index contributed by atoms with van der Waals surface area (Å²) in [6.45, 7) is 2.00. The molecule has 2 unspecified atom stereocenters. The summed E-state index contributed by atoms with van der Waals surface area (Å²) >= 11 is 1.90. The SMILES string of the molecule is O=C(NCCC1CCCN1)C1CCSC1. The maximum Gasteiger partial charge on any atom is 0.223 e. The largest absolute Gasteiger partial charge is 0.356 e. The number of nitrogens with one attached hydrogen (secondary N) is 2. The highest BCUT2D eigenvalue weighted by molar-refractivity contribution is 7.99. The van der Waals surface area contributed by atoms with Crippen molar-refractivity contribution in [3.05, 3.63) is 0 Å². The fourth-order valence-corrected chi connectivity index (χ4v) is 3.48. The first-order chi connectivity index (χ1) is 7.36. The predicted molar refractivity (Wildman–Crippen MR) is 64.1 cm³/mol. The Kier molecular flexibility index (Phi) is 4.32.